The highest BCUT2D eigenvalue weighted by Crippen LogP contribution is 2.43. The summed E-state index contributed by atoms with van der Waals surface area (Å²) in [5.41, 5.74) is 10.8. The first kappa shape index (κ1) is 28.6. The number of thiophene rings is 1. The summed E-state index contributed by atoms with van der Waals surface area (Å²) >= 11 is 1.87. The Morgan fingerprint density at radius 1 is 0.400 bits per heavy atom. The van der Waals surface area contributed by atoms with E-state index < -0.39 is 0 Å². The van der Waals surface area contributed by atoms with Crippen molar-refractivity contribution in [2.24, 2.45) is 0 Å². The molecular formula is C46H29N3S. The second kappa shape index (κ2) is 11.7. The van der Waals surface area contributed by atoms with Crippen molar-refractivity contribution in [1.29, 1.82) is 0 Å². The predicted octanol–water partition coefficient (Wildman–Crippen LogP) is 12.6. The van der Waals surface area contributed by atoms with Crippen LogP contribution in [0.15, 0.2) is 176 Å². The maximum Gasteiger partial charge on any atom is 0.160 e. The predicted molar refractivity (Wildman–Crippen MR) is 211 cm³/mol. The topological polar surface area (TPSA) is 30.7 Å². The number of benzene rings is 7. The van der Waals surface area contributed by atoms with E-state index in [1.165, 1.54) is 47.6 Å². The van der Waals surface area contributed by atoms with Crippen molar-refractivity contribution < 1.29 is 0 Å². The van der Waals surface area contributed by atoms with Crippen molar-refractivity contribution in [1.82, 2.24) is 14.5 Å². The highest BCUT2D eigenvalue weighted by molar-refractivity contribution is 7.26. The van der Waals surface area contributed by atoms with Crippen LogP contribution in [-0.2, 0) is 0 Å². The zero-order valence-electron chi connectivity index (χ0n) is 27.0. The number of nitrogens with zero attached hydrogens (tertiary/aromatic N) is 3. The molecule has 7 aromatic carbocycles. The van der Waals surface area contributed by atoms with Gasteiger partial charge in [-0.15, -0.1) is 11.3 Å². The summed E-state index contributed by atoms with van der Waals surface area (Å²) in [6.07, 6.45) is 0. The fourth-order valence-corrected chi connectivity index (χ4v) is 8.47. The van der Waals surface area contributed by atoms with Gasteiger partial charge in [0.15, 0.2) is 5.82 Å². The van der Waals surface area contributed by atoms with Gasteiger partial charge in [0.1, 0.15) is 0 Å². The molecule has 4 heteroatoms. The van der Waals surface area contributed by atoms with Crippen LogP contribution < -0.4 is 0 Å². The zero-order valence-corrected chi connectivity index (χ0v) is 27.8. The van der Waals surface area contributed by atoms with Gasteiger partial charge < -0.3 is 4.57 Å². The molecule has 10 rings (SSSR count). The second-order valence-electron chi connectivity index (χ2n) is 12.6. The molecular weight excluding hydrogens is 627 g/mol. The third kappa shape index (κ3) is 4.73. The lowest BCUT2D eigenvalue weighted by Crippen LogP contribution is -1.97. The monoisotopic (exact) mass is 655 g/mol. The highest BCUT2D eigenvalue weighted by atomic mass is 32.1. The number of hydrogen-bond acceptors (Lipinski definition) is 3. The van der Waals surface area contributed by atoms with Crippen molar-refractivity contribution in [2.45, 2.75) is 0 Å². The molecule has 3 nitrogen and oxygen atoms in total. The number of fused-ring (bicyclic) bond motifs is 6. The number of para-hydroxylation sites is 1. The standard InChI is InChI=1S/C46H29N3S/c1-4-14-30(15-5-1)38-27-34(28-39-37-21-11-13-23-44(37)50-45(38)39)49-42-22-12-10-20-35(42)36-25-24-33(26-43(36)49)41-29-40(31-16-6-2-7-17-31)47-46(48-41)32-18-8-3-9-19-32/h1-29H. The van der Waals surface area contributed by atoms with Crippen molar-refractivity contribution in [3.63, 3.8) is 0 Å². The average Bonchev–Trinajstić information content (AvgIpc) is 3.74. The molecule has 0 amide bonds. The Balaban J connectivity index is 1.25. The molecule has 0 fully saturated rings. The molecule has 0 spiro atoms. The second-order valence-corrected chi connectivity index (χ2v) is 13.7. The Bertz CT molecular complexity index is 2800. The summed E-state index contributed by atoms with van der Waals surface area (Å²) in [6.45, 7) is 0. The van der Waals surface area contributed by atoms with Gasteiger partial charge in [-0.2, -0.15) is 0 Å². The minimum Gasteiger partial charge on any atom is -0.309 e. The van der Waals surface area contributed by atoms with Crippen LogP contribution in [0, 0.1) is 0 Å². The normalized spacial score (nSPS) is 11.6. The molecule has 0 aliphatic heterocycles. The summed E-state index contributed by atoms with van der Waals surface area (Å²) in [5, 5.41) is 5.00. The van der Waals surface area contributed by atoms with Gasteiger partial charge in [-0.25, -0.2) is 9.97 Å². The molecule has 10 aromatic rings. The van der Waals surface area contributed by atoms with Crippen LogP contribution in [0.4, 0.5) is 0 Å². The van der Waals surface area contributed by atoms with E-state index in [1.54, 1.807) is 0 Å². The van der Waals surface area contributed by atoms with Gasteiger partial charge in [0.25, 0.3) is 0 Å². The van der Waals surface area contributed by atoms with E-state index in [0.717, 1.165) is 39.3 Å². The summed E-state index contributed by atoms with van der Waals surface area (Å²) in [7, 11) is 0. The van der Waals surface area contributed by atoms with Crippen molar-refractivity contribution in [2.75, 3.05) is 0 Å². The Hall–Kier alpha value is -6.36. The quantitative estimate of drug-likeness (QED) is 0.185. The smallest absolute Gasteiger partial charge is 0.160 e. The Kier molecular flexibility index (Phi) is 6.68. The van der Waals surface area contributed by atoms with Crippen LogP contribution in [0.1, 0.15) is 0 Å². The molecule has 234 valence electrons. The van der Waals surface area contributed by atoms with Gasteiger partial charge in [0.2, 0.25) is 0 Å². The molecule has 3 aromatic heterocycles. The molecule has 0 unspecified atom stereocenters. The molecule has 0 saturated heterocycles. The van der Waals surface area contributed by atoms with E-state index >= 15 is 0 Å². The molecule has 50 heavy (non-hydrogen) atoms. The number of hydrogen-bond donors (Lipinski definition) is 0. The van der Waals surface area contributed by atoms with Crippen LogP contribution in [0.3, 0.4) is 0 Å². The molecule has 0 N–H and O–H groups in total. The minimum absolute atomic E-state index is 0.713. The van der Waals surface area contributed by atoms with Gasteiger partial charge >= 0.3 is 0 Å². The zero-order chi connectivity index (χ0) is 33.0. The Labute approximate surface area is 293 Å². The molecule has 3 heterocycles. The molecule has 0 saturated carbocycles. The Morgan fingerprint density at radius 3 is 1.76 bits per heavy atom. The van der Waals surface area contributed by atoms with Gasteiger partial charge in [0, 0.05) is 58.9 Å². The average molecular weight is 656 g/mol. The minimum atomic E-state index is 0.713. The van der Waals surface area contributed by atoms with E-state index in [2.05, 4.69) is 156 Å². The lowest BCUT2D eigenvalue weighted by atomic mass is 10.0. The molecule has 0 bridgehead atoms. The molecule has 0 atom stereocenters. The highest BCUT2D eigenvalue weighted by Gasteiger charge is 2.19. The van der Waals surface area contributed by atoms with Crippen LogP contribution in [0.5, 0.6) is 0 Å². The molecule has 0 radical (unpaired) electrons. The van der Waals surface area contributed by atoms with Crippen LogP contribution in [-0.4, -0.2) is 14.5 Å². The third-order valence-corrected chi connectivity index (χ3v) is 10.8. The summed E-state index contributed by atoms with van der Waals surface area (Å²) in [4.78, 5) is 10.2. The molecule has 0 aliphatic carbocycles. The number of rotatable bonds is 5. The maximum absolute atomic E-state index is 5.17. The van der Waals surface area contributed by atoms with E-state index in [4.69, 9.17) is 9.97 Å². The summed E-state index contributed by atoms with van der Waals surface area (Å²) in [6, 6.07) is 62.5. The van der Waals surface area contributed by atoms with E-state index in [9.17, 15) is 0 Å². The van der Waals surface area contributed by atoms with Crippen molar-refractivity contribution in [3.8, 4) is 50.7 Å². The maximum atomic E-state index is 5.17. The summed E-state index contributed by atoms with van der Waals surface area (Å²) < 4.78 is 5.04. The SMILES string of the molecule is c1ccc(-c2cc(-c3ccc4c5ccccc5n(-c5cc(-c6ccccc6)c6sc7ccccc7c6c5)c4c3)nc(-c3ccccc3)n2)cc1. The fourth-order valence-electron chi connectivity index (χ4n) is 7.25. The lowest BCUT2D eigenvalue weighted by Gasteiger charge is -2.13. The van der Waals surface area contributed by atoms with Gasteiger partial charge in [-0.1, -0.05) is 140 Å². The third-order valence-electron chi connectivity index (χ3n) is 9.60. The fraction of sp³-hybridized carbons (Fsp3) is 0. The van der Waals surface area contributed by atoms with Crippen LogP contribution >= 0.6 is 11.3 Å². The van der Waals surface area contributed by atoms with E-state index in [1.807, 2.05) is 35.6 Å². The number of aromatic nitrogens is 3. The van der Waals surface area contributed by atoms with Gasteiger partial charge in [-0.05, 0) is 42.0 Å². The molecule has 0 aliphatic rings. The first-order valence-corrected chi connectivity index (χ1v) is 17.6. The van der Waals surface area contributed by atoms with Crippen LogP contribution in [0.2, 0.25) is 0 Å². The van der Waals surface area contributed by atoms with Crippen LogP contribution in [0.25, 0.3) is 92.7 Å². The Morgan fingerprint density at radius 2 is 1.00 bits per heavy atom. The first-order valence-electron chi connectivity index (χ1n) is 16.8. The first-order chi connectivity index (χ1) is 24.8. The largest absolute Gasteiger partial charge is 0.309 e. The van der Waals surface area contributed by atoms with E-state index in [0.29, 0.717) is 5.82 Å². The lowest BCUT2D eigenvalue weighted by molar-refractivity contribution is 1.17. The van der Waals surface area contributed by atoms with Crippen molar-refractivity contribution >= 4 is 53.3 Å². The van der Waals surface area contributed by atoms with Crippen molar-refractivity contribution in [3.05, 3.63) is 176 Å². The van der Waals surface area contributed by atoms with Gasteiger partial charge in [-0.3, -0.25) is 0 Å². The van der Waals surface area contributed by atoms with E-state index in [-0.39, 0.29) is 0 Å². The summed E-state index contributed by atoms with van der Waals surface area (Å²) in [5.74, 6) is 0.713. The van der Waals surface area contributed by atoms with Gasteiger partial charge in [0.05, 0.1) is 22.4 Å².